The molecule has 1 aromatic carbocycles. The first-order valence-electron chi connectivity index (χ1n) is 6.29. The summed E-state index contributed by atoms with van der Waals surface area (Å²) >= 11 is 0. The number of hydrogen-bond acceptors (Lipinski definition) is 2. The summed E-state index contributed by atoms with van der Waals surface area (Å²) < 4.78 is 0. The summed E-state index contributed by atoms with van der Waals surface area (Å²) in [7, 11) is 1.98. The Bertz CT molecular complexity index is 547. The van der Waals surface area contributed by atoms with E-state index < -0.39 is 0 Å². The zero-order valence-electron chi connectivity index (χ0n) is 11.5. The third-order valence-electron chi connectivity index (χ3n) is 3.35. The molecule has 0 aliphatic rings. The Labute approximate surface area is 109 Å². The fourth-order valence-electron chi connectivity index (χ4n) is 2.39. The van der Waals surface area contributed by atoms with Crippen LogP contribution in [0.5, 0.6) is 0 Å². The summed E-state index contributed by atoms with van der Waals surface area (Å²) in [6.07, 6.45) is 1.86. The lowest BCUT2D eigenvalue weighted by molar-refractivity contribution is 0.662. The van der Waals surface area contributed by atoms with Gasteiger partial charge >= 0.3 is 0 Å². The Balaban J connectivity index is 2.49. The number of rotatable bonds is 3. The molecule has 18 heavy (non-hydrogen) atoms. The average Bonchev–Trinajstić information content (AvgIpc) is 2.34. The van der Waals surface area contributed by atoms with Crippen molar-refractivity contribution in [1.82, 2.24) is 10.3 Å². The van der Waals surface area contributed by atoms with E-state index in [4.69, 9.17) is 0 Å². The standard InChI is InChI=1S/C16H20N2/c1-11-7-8-14(13(3)10-11)16(17-4)15-12(2)6-5-9-18-15/h5-10,16-17H,1-4H3. The second kappa shape index (κ2) is 5.32. The van der Waals surface area contributed by atoms with Crippen LogP contribution in [0.2, 0.25) is 0 Å². The molecule has 0 spiro atoms. The van der Waals surface area contributed by atoms with Crippen LogP contribution >= 0.6 is 0 Å². The van der Waals surface area contributed by atoms with E-state index in [9.17, 15) is 0 Å². The highest BCUT2D eigenvalue weighted by Crippen LogP contribution is 2.25. The minimum Gasteiger partial charge on any atom is -0.308 e. The van der Waals surface area contributed by atoms with E-state index in [2.05, 4.69) is 55.3 Å². The molecule has 0 amide bonds. The van der Waals surface area contributed by atoms with Crippen molar-refractivity contribution in [2.45, 2.75) is 26.8 Å². The molecule has 1 aromatic heterocycles. The number of benzene rings is 1. The van der Waals surface area contributed by atoms with Crippen molar-refractivity contribution in [3.8, 4) is 0 Å². The largest absolute Gasteiger partial charge is 0.308 e. The van der Waals surface area contributed by atoms with E-state index >= 15 is 0 Å². The van der Waals surface area contributed by atoms with Crippen LogP contribution < -0.4 is 5.32 Å². The summed E-state index contributed by atoms with van der Waals surface area (Å²) in [6.45, 7) is 6.39. The summed E-state index contributed by atoms with van der Waals surface area (Å²) in [4.78, 5) is 4.53. The smallest absolute Gasteiger partial charge is 0.0754 e. The number of pyridine rings is 1. The molecule has 2 aromatic rings. The minimum atomic E-state index is 0.159. The third-order valence-corrected chi connectivity index (χ3v) is 3.35. The van der Waals surface area contributed by atoms with E-state index in [-0.39, 0.29) is 6.04 Å². The molecule has 2 nitrogen and oxygen atoms in total. The second-order valence-electron chi connectivity index (χ2n) is 4.79. The molecular weight excluding hydrogens is 220 g/mol. The molecular formula is C16H20N2. The first kappa shape index (κ1) is 12.8. The summed E-state index contributed by atoms with van der Waals surface area (Å²) in [5, 5.41) is 3.37. The van der Waals surface area contributed by atoms with Gasteiger partial charge in [-0.25, -0.2) is 0 Å². The van der Waals surface area contributed by atoms with Crippen LogP contribution in [0.3, 0.4) is 0 Å². The highest BCUT2D eigenvalue weighted by atomic mass is 14.9. The molecule has 0 aliphatic heterocycles. The zero-order valence-corrected chi connectivity index (χ0v) is 11.5. The lowest BCUT2D eigenvalue weighted by Gasteiger charge is -2.20. The Hall–Kier alpha value is -1.67. The van der Waals surface area contributed by atoms with Gasteiger partial charge in [0.15, 0.2) is 0 Å². The number of nitrogens with zero attached hydrogens (tertiary/aromatic N) is 1. The van der Waals surface area contributed by atoms with Crippen LogP contribution in [0.1, 0.15) is 34.0 Å². The molecule has 2 heteroatoms. The maximum atomic E-state index is 4.53. The van der Waals surface area contributed by atoms with Crippen molar-refractivity contribution in [3.63, 3.8) is 0 Å². The van der Waals surface area contributed by atoms with Gasteiger partial charge in [-0.15, -0.1) is 0 Å². The van der Waals surface area contributed by atoms with Crippen molar-refractivity contribution in [1.29, 1.82) is 0 Å². The summed E-state index contributed by atoms with van der Waals surface area (Å²) in [5.74, 6) is 0. The van der Waals surface area contributed by atoms with E-state index in [1.165, 1.54) is 22.3 Å². The van der Waals surface area contributed by atoms with Gasteiger partial charge in [0.25, 0.3) is 0 Å². The minimum absolute atomic E-state index is 0.159. The number of aromatic nitrogens is 1. The highest BCUT2D eigenvalue weighted by Gasteiger charge is 2.17. The SMILES string of the molecule is CNC(c1ccc(C)cc1C)c1ncccc1C. The lowest BCUT2D eigenvalue weighted by Crippen LogP contribution is -2.20. The molecule has 0 saturated heterocycles. The Morgan fingerprint density at radius 2 is 1.83 bits per heavy atom. The van der Waals surface area contributed by atoms with Crippen LogP contribution in [0, 0.1) is 20.8 Å². The van der Waals surface area contributed by atoms with Crippen molar-refractivity contribution >= 4 is 0 Å². The molecule has 1 atom stereocenters. The molecule has 0 fully saturated rings. The van der Waals surface area contributed by atoms with Gasteiger partial charge in [0, 0.05) is 6.20 Å². The molecule has 0 saturated carbocycles. The number of aryl methyl sites for hydroxylation is 3. The molecule has 1 N–H and O–H groups in total. The van der Waals surface area contributed by atoms with Gasteiger partial charge in [0.2, 0.25) is 0 Å². The Morgan fingerprint density at radius 1 is 1.06 bits per heavy atom. The van der Waals surface area contributed by atoms with Gasteiger partial charge in [-0.1, -0.05) is 29.8 Å². The maximum absolute atomic E-state index is 4.53. The molecule has 94 valence electrons. The van der Waals surface area contributed by atoms with Gasteiger partial charge in [-0.2, -0.15) is 0 Å². The molecule has 0 aliphatic carbocycles. The topological polar surface area (TPSA) is 24.9 Å². The third kappa shape index (κ3) is 2.44. The molecule has 1 heterocycles. The lowest BCUT2D eigenvalue weighted by atomic mass is 9.95. The number of nitrogens with one attached hydrogen (secondary N) is 1. The monoisotopic (exact) mass is 240 g/mol. The van der Waals surface area contributed by atoms with E-state index in [1.807, 2.05) is 19.3 Å². The van der Waals surface area contributed by atoms with Crippen molar-refractivity contribution in [3.05, 3.63) is 64.5 Å². The number of hydrogen-bond donors (Lipinski definition) is 1. The van der Waals surface area contributed by atoms with Crippen molar-refractivity contribution in [2.75, 3.05) is 7.05 Å². The van der Waals surface area contributed by atoms with Gasteiger partial charge in [-0.3, -0.25) is 4.98 Å². The summed E-state index contributed by atoms with van der Waals surface area (Å²) in [6, 6.07) is 10.8. The predicted octanol–water partition coefficient (Wildman–Crippen LogP) is 3.32. The van der Waals surface area contributed by atoms with E-state index in [0.717, 1.165) is 5.69 Å². The molecule has 0 radical (unpaired) electrons. The molecule has 0 bridgehead atoms. The quantitative estimate of drug-likeness (QED) is 0.890. The van der Waals surface area contributed by atoms with Crippen LogP contribution in [-0.2, 0) is 0 Å². The van der Waals surface area contributed by atoms with Crippen LogP contribution in [-0.4, -0.2) is 12.0 Å². The highest BCUT2D eigenvalue weighted by molar-refractivity contribution is 5.38. The van der Waals surface area contributed by atoms with Crippen molar-refractivity contribution < 1.29 is 0 Å². The van der Waals surface area contributed by atoms with Crippen LogP contribution in [0.25, 0.3) is 0 Å². The van der Waals surface area contributed by atoms with Gasteiger partial charge in [0.1, 0.15) is 0 Å². The Kier molecular flexibility index (Phi) is 3.78. The first-order valence-corrected chi connectivity index (χ1v) is 6.29. The average molecular weight is 240 g/mol. The molecule has 2 rings (SSSR count). The second-order valence-corrected chi connectivity index (χ2v) is 4.79. The summed E-state index contributed by atoms with van der Waals surface area (Å²) in [5.41, 5.74) is 6.22. The normalized spacial score (nSPS) is 12.4. The van der Waals surface area contributed by atoms with Gasteiger partial charge in [0.05, 0.1) is 11.7 Å². The molecule has 1 unspecified atom stereocenters. The predicted molar refractivity (Wildman–Crippen MR) is 75.8 cm³/mol. The zero-order chi connectivity index (χ0) is 13.1. The van der Waals surface area contributed by atoms with Gasteiger partial charge < -0.3 is 5.32 Å². The van der Waals surface area contributed by atoms with Crippen LogP contribution in [0.15, 0.2) is 36.5 Å². The fourth-order valence-corrected chi connectivity index (χ4v) is 2.39. The Morgan fingerprint density at radius 3 is 2.44 bits per heavy atom. The first-order chi connectivity index (χ1) is 8.63. The van der Waals surface area contributed by atoms with Crippen molar-refractivity contribution in [2.24, 2.45) is 0 Å². The van der Waals surface area contributed by atoms with E-state index in [1.54, 1.807) is 0 Å². The fraction of sp³-hybridized carbons (Fsp3) is 0.312. The van der Waals surface area contributed by atoms with Crippen LogP contribution in [0.4, 0.5) is 0 Å². The maximum Gasteiger partial charge on any atom is 0.0754 e. The van der Waals surface area contributed by atoms with E-state index in [0.29, 0.717) is 0 Å². The van der Waals surface area contributed by atoms with Gasteiger partial charge in [-0.05, 0) is 50.6 Å².